The van der Waals surface area contributed by atoms with Gasteiger partial charge in [0.1, 0.15) is 16.7 Å². The average molecular weight is 788 g/mol. The molecule has 2 aliphatic rings. The standard InChI is InChI=1S/C53H34BN3O2S/c1-53(2,3)30-17-19-31(20-18-30)57-43-26-46-38(32-13-7-9-15-45(32)58-46)23-36(43)34-21-22-35-37-24-39-33-14-8-10-16-48(33)60-49(39)28-42(37)56-44-27-47-41(25-40(44)54(57)50(34)51(35)56)55-52(59-47)29-11-5-4-6-12-29/h4-28H,1-3H3. The van der Waals surface area contributed by atoms with Gasteiger partial charge in [-0.3, -0.25) is 0 Å². The van der Waals surface area contributed by atoms with E-state index in [1.807, 2.05) is 29.5 Å². The Morgan fingerprint density at radius 2 is 1.35 bits per heavy atom. The summed E-state index contributed by atoms with van der Waals surface area (Å²) in [6.07, 6.45) is 0. The van der Waals surface area contributed by atoms with Crippen LogP contribution in [0.1, 0.15) is 26.3 Å². The molecule has 5 nitrogen and oxygen atoms in total. The second kappa shape index (κ2) is 11.3. The number of nitrogens with zero attached hydrogens (tertiary/aromatic N) is 3. The molecule has 7 heteroatoms. The molecule has 4 aromatic heterocycles. The second-order valence-corrected chi connectivity index (χ2v) is 18.6. The zero-order valence-corrected chi connectivity index (χ0v) is 33.9. The lowest BCUT2D eigenvalue weighted by Gasteiger charge is -2.42. The number of aromatic nitrogens is 2. The highest BCUT2D eigenvalue weighted by Crippen LogP contribution is 2.49. The smallest absolute Gasteiger partial charge is 0.333 e. The number of anilines is 2. The van der Waals surface area contributed by atoms with Crippen LogP contribution in [0.25, 0.3) is 103 Å². The summed E-state index contributed by atoms with van der Waals surface area (Å²) < 4.78 is 18.4. The van der Waals surface area contributed by atoms with Gasteiger partial charge < -0.3 is 18.2 Å². The monoisotopic (exact) mass is 787 g/mol. The van der Waals surface area contributed by atoms with Gasteiger partial charge in [-0.15, -0.1) is 11.3 Å². The Morgan fingerprint density at radius 3 is 2.20 bits per heavy atom. The van der Waals surface area contributed by atoms with Gasteiger partial charge in [0.15, 0.2) is 5.58 Å². The van der Waals surface area contributed by atoms with Crippen molar-refractivity contribution in [2.75, 3.05) is 4.81 Å². The van der Waals surface area contributed by atoms with Crippen LogP contribution in [0.15, 0.2) is 160 Å². The Morgan fingerprint density at radius 1 is 0.567 bits per heavy atom. The van der Waals surface area contributed by atoms with Gasteiger partial charge in [0.2, 0.25) is 5.89 Å². The maximum atomic E-state index is 6.65. The molecule has 0 saturated heterocycles. The van der Waals surface area contributed by atoms with Crippen LogP contribution in [0.2, 0.25) is 0 Å². The van der Waals surface area contributed by atoms with Gasteiger partial charge in [-0.25, -0.2) is 4.98 Å². The van der Waals surface area contributed by atoms with E-state index in [9.17, 15) is 0 Å². The molecule has 0 radical (unpaired) electrons. The molecule has 0 bridgehead atoms. The molecule has 0 amide bonds. The first-order chi connectivity index (χ1) is 29.4. The fraction of sp³-hybridized carbons (Fsp3) is 0.0755. The lowest BCUT2D eigenvalue weighted by molar-refractivity contribution is 0.590. The van der Waals surface area contributed by atoms with Gasteiger partial charge in [-0.2, -0.15) is 0 Å². The molecule has 0 unspecified atom stereocenters. The fourth-order valence-electron chi connectivity index (χ4n) is 10.4. The molecule has 0 fully saturated rings. The highest BCUT2D eigenvalue weighted by Gasteiger charge is 2.45. The summed E-state index contributed by atoms with van der Waals surface area (Å²) in [5, 5.41) is 7.36. The lowest BCUT2D eigenvalue weighted by atomic mass is 9.44. The largest absolute Gasteiger partial charge is 0.456 e. The summed E-state index contributed by atoms with van der Waals surface area (Å²) in [5.41, 5.74) is 16.4. The highest BCUT2D eigenvalue weighted by atomic mass is 32.1. The van der Waals surface area contributed by atoms with Crippen LogP contribution in [0.4, 0.5) is 11.4 Å². The molecule has 6 heterocycles. The van der Waals surface area contributed by atoms with Gasteiger partial charge in [-0.1, -0.05) is 99.6 Å². The number of thiophene rings is 1. The molecule has 14 rings (SSSR count). The Kier molecular flexibility index (Phi) is 6.21. The predicted octanol–water partition coefficient (Wildman–Crippen LogP) is 13.4. The van der Waals surface area contributed by atoms with Crippen LogP contribution in [-0.4, -0.2) is 16.4 Å². The van der Waals surface area contributed by atoms with E-state index < -0.39 is 0 Å². The Hall–Kier alpha value is -7.09. The lowest BCUT2D eigenvalue weighted by Crippen LogP contribution is -2.60. The van der Waals surface area contributed by atoms with E-state index in [1.54, 1.807) is 0 Å². The molecule has 0 saturated carbocycles. The van der Waals surface area contributed by atoms with Crippen molar-refractivity contribution in [1.29, 1.82) is 0 Å². The number of rotatable bonds is 2. The van der Waals surface area contributed by atoms with Crippen molar-refractivity contribution in [3.8, 4) is 28.3 Å². The Labute approximate surface area is 348 Å². The zero-order valence-electron chi connectivity index (χ0n) is 33.1. The molecule has 0 spiro atoms. The maximum absolute atomic E-state index is 6.65. The van der Waals surface area contributed by atoms with Crippen molar-refractivity contribution in [3.05, 3.63) is 157 Å². The minimum absolute atomic E-state index is 0.0179. The topological polar surface area (TPSA) is 47.3 Å². The number of furan rings is 1. The fourth-order valence-corrected chi connectivity index (χ4v) is 11.5. The number of hydrogen-bond acceptors (Lipinski definition) is 5. The molecule has 0 aliphatic carbocycles. The quantitative estimate of drug-likeness (QED) is 0.164. The van der Waals surface area contributed by atoms with E-state index in [1.165, 1.54) is 69.6 Å². The number of para-hydroxylation sites is 1. The number of benzene rings is 8. The first-order valence-corrected chi connectivity index (χ1v) is 21.5. The van der Waals surface area contributed by atoms with Crippen LogP contribution in [0.3, 0.4) is 0 Å². The minimum atomic E-state index is -0.173. The molecule has 0 atom stereocenters. The van der Waals surface area contributed by atoms with Crippen molar-refractivity contribution in [3.63, 3.8) is 0 Å². The second-order valence-electron chi connectivity index (χ2n) is 17.5. The minimum Gasteiger partial charge on any atom is -0.456 e. The third-order valence-electron chi connectivity index (χ3n) is 13.1. The van der Waals surface area contributed by atoms with Crippen LogP contribution < -0.4 is 15.7 Å². The SMILES string of the molecule is CC(C)(C)c1ccc(N2B3c4cc5nc(-c6ccccc6)oc5cc4-n4c5cc6sc7ccccc7c6cc5c5ccc(c3c54)-c3cc4c(cc32)oc2ccccc24)cc1. The van der Waals surface area contributed by atoms with E-state index >= 15 is 0 Å². The number of oxazole rings is 1. The Bertz CT molecular complexity index is 3830. The first kappa shape index (κ1) is 32.8. The molecular weight excluding hydrogens is 753 g/mol. The highest BCUT2D eigenvalue weighted by molar-refractivity contribution is 7.25. The molecule has 0 N–H and O–H groups in total. The molecule has 60 heavy (non-hydrogen) atoms. The van der Waals surface area contributed by atoms with E-state index in [4.69, 9.17) is 13.8 Å². The third-order valence-corrected chi connectivity index (χ3v) is 14.3. The van der Waals surface area contributed by atoms with Gasteiger partial charge >= 0.3 is 6.85 Å². The third kappa shape index (κ3) is 4.29. The van der Waals surface area contributed by atoms with Gasteiger partial charge in [0.05, 0.1) is 11.0 Å². The summed E-state index contributed by atoms with van der Waals surface area (Å²) in [6, 6.07) is 55.4. The molecule has 8 aromatic carbocycles. The molecular formula is C53H34BN3O2S. The van der Waals surface area contributed by atoms with Crippen LogP contribution in [0, 0.1) is 0 Å². The summed E-state index contributed by atoms with van der Waals surface area (Å²) in [4.78, 5) is 7.72. The van der Waals surface area contributed by atoms with Gasteiger partial charge in [-0.05, 0) is 88.1 Å². The summed E-state index contributed by atoms with van der Waals surface area (Å²) in [6.45, 7) is 6.66. The van der Waals surface area contributed by atoms with Crippen LogP contribution in [-0.2, 0) is 5.41 Å². The predicted molar refractivity (Wildman–Crippen MR) is 252 cm³/mol. The summed E-state index contributed by atoms with van der Waals surface area (Å²) >= 11 is 1.87. The zero-order chi connectivity index (χ0) is 39.6. The van der Waals surface area contributed by atoms with E-state index in [-0.39, 0.29) is 12.3 Å². The van der Waals surface area contributed by atoms with Crippen molar-refractivity contribution in [1.82, 2.24) is 9.55 Å². The normalized spacial score (nSPS) is 13.5. The average Bonchev–Trinajstić information content (AvgIpc) is 4.04. The molecule has 282 valence electrons. The van der Waals surface area contributed by atoms with Crippen molar-refractivity contribution in [2.45, 2.75) is 26.2 Å². The van der Waals surface area contributed by atoms with E-state index in [0.29, 0.717) is 5.89 Å². The maximum Gasteiger partial charge on any atom is 0.333 e. The summed E-state index contributed by atoms with van der Waals surface area (Å²) in [7, 11) is 0. The first-order valence-electron chi connectivity index (χ1n) is 20.6. The van der Waals surface area contributed by atoms with Gasteiger partial charge in [0.25, 0.3) is 0 Å². The Balaban J connectivity index is 1.14. The number of hydrogen-bond donors (Lipinski definition) is 0. The van der Waals surface area contributed by atoms with E-state index in [0.717, 1.165) is 55.7 Å². The number of fused-ring (bicyclic) bond motifs is 15. The van der Waals surface area contributed by atoms with Crippen LogP contribution in [0.5, 0.6) is 0 Å². The van der Waals surface area contributed by atoms with Crippen LogP contribution >= 0.6 is 11.3 Å². The van der Waals surface area contributed by atoms with Crippen molar-refractivity contribution < 1.29 is 8.83 Å². The van der Waals surface area contributed by atoms with Crippen molar-refractivity contribution >= 4 is 116 Å². The van der Waals surface area contributed by atoms with Gasteiger partial charge in [0, 0.05) is 82.0 Å². The van der Waals surface area contributed by atoms with E-state index in [2.05, 4.69) is 164 Å². The molecule has 2 aliphatic heterocycles. The summed E-state index contributed by atoms with van der Waals surface area (Å²) in [5.74, 6) is 0.622. The molecule has 12 aromatic rings. The van der Waals surface area contributed by atoms with Crippen molar-refractivity contribution in [2.24, 2.45) is 0 Å².